The van der Waals surface area contributed by atoms with E-state index in [-0.39, 0.29) is 18.0 Å². The van der Waals surface area contributed by atoms with Gasteiger partial charge in [0.2, 0.25) is 5.78 Å². The zero-order valence-electron chi connectivity index (χ0n) is 14.6. The molecule has 25 heavy (non-hydrogen) atoms. The van der Waals surface area contributed by atoms with Crippen molar-refractivity contribution in [2.24, 2.45) is 0 Å². The highest BCUT2D eigenvalue weighted by atomic mass is 32.2. The summed E-state index contributed by atoms with van der Waals surface area (Å²) in [4.78, 5) is 25.0. The number of nitrogens with zero attached hydrogens (tertiary/aromatic N) is 1. The molecule has 0 bridgehead atoms. The molecule has 0 saturated heterocycles. The Morgan fingerprint density at radius 2 is 1.92 bits per heavy atom. The van der Waals surface area contributed by atoms with Crippen LogP contribution in [0.15, 0.2) is 47.9 Å². The minimum atomic E-state index is -1.32. The van der Waals surface area contributed by atoms with Crippen LogP contribution >= 0.6 is 0 Å². The fourth-order valence-corrected chi connectivity index (χ4v) is 3.40. The van der Waals surface area contributed by atoms with Gasteiger partial charge in [-0.25, -0.2) is 4.79 Å². The second kappa shape index (κ2) is 8.07. The number of ether oxygens (including phenoxy) is 1. The summed E-state index contributed by atoms with van der Waals surface area (Å²) in [5, 5.41) is 0. The summed E-state index contributed by atoms with van der Waals surface area (Å²) in [6, 6.07) is 8.30. The van der Waals surface area contributed by atoms with Gasteiger partial charge >= 0.3 is 5.97 Å². The number of aryl methyl sites for hydroxylation is 1. The van der Waals surface area contributed by atoms with Gasteiger partial charge in [0.15, 0.2) is 6.61 Å². The lowest BCUT2D eigenvalue weighted by molar-refractivity contribution is 0.0471. The van der Waals surface area contributed by atoms with Crippen molar-refractivity contribution >= 4 is 22.6 Å². The number of aromatic nitrogens is 1. The van der Waals surface area contributed by atoms with E-state index in [4.69, 9.17) is 4.74 Å². The Bertz CT molecular complexity index is 851. The maximum atomic E-state index is 12.4. The Morgan fingerprint density at radius 1 is 1.24 bits per heavy atom. The maximum Gasteiger partial charge on any atom is 0.339 e. The predicted octanol–water partition coefficient (Wildman–Crippen LogP) is 3.07. The van der Waals surface area contributed by atoms with E-state index in [2.05, 4.69) is 6.58 Å². The number of carbonyl (C=O) groups excluding carboxylic acids is 2. The highest BCUT2D eigenvalue weighted by Gasteiger charge is 2.19. The fourth-order valence-electron chi connectivity index (χ4n) is 2.67. The summed E-state index contributed by atoms with van der Waals surface area (Å²) in [6.45, 7) is 7.72. The molecule has 0 aliphatic carbocycles. The lowest BCUT2D eigenvalue weighted by atomic mass is 10.1. The molecule has 1 aromatic carbocycles. The van der Waals surface area contributed by atoms with Crippen molar-refractivity contribution < 1.29 is 18.5 Å². The van der Waals surface area contributed by atoms with Crippen molar-refractivity contribution in [3.05, 3.63) is 65.5 Å². The van der Waals surface area contributed by atoms with Gasteiger partial charge in [-0.15, -0.1) is 6.58 Å². The monoisotopic (exact) mass is 359 g/mol. The van der Waals surface area contributed by atoms with E-state index in [0.717, 1.165) is 11.4 Å². The van der Waals surface area contributed by atoms with Crippen molar-refractivity contribution in [3.63, 3.8) is 0 Å². The van der Waals surface area contributed by atoms with E-state index in [1.165, 1.54) is 6.26 Å². The number of allylic oxidation sites excluding steroid dienone is 1. The summed E-state index contributed by atoms with van der Waals surface area (Å²) in [5.74, 6) is -0.925. The van der Waals surface area contributed by atoms with Gasteiger partial charge in [0.25, 0.3) is 0 Å². The highest BCUT2D eigenvalue weighted by molar-refractivity contribution is 7.84. The molecule has 6 heteroatoms. The van der Waals surface area contributed by atoms with E-state index >= 15 is 0 Å². The molecule has 0 amide bonds. The van der Waals surface area contributed by atoms with Crippen LogP contribution in [0.3, 0.4) is 0 Å². The van der Waals surface area contributed by atoms with Crippen LogP contribution in [0.2, 0.25) is 0 Å². The molecule has 1 heterocycles. The summed E-state index contributed by atoms with van der Waals surface area (Å²) >= 11 is 0. The van der Waals surface area contributed by atoms with Gasteiger partial charge in [0.1, 0.15) is 0 Å². The third-order valence-corrected chi connectivity index (χ3v) is 4.91. The van der Waals surface area contributed by atoms with E-state index < -0.39 is 16.8 Å². The lowest BCUT2D eigenvalue weighted by Gasteiger charge is -2.08. The molecule has 0 aliphatic heterocycles. The number of hydrogen-bond acceptors (Lipinski definition) is 4. The van der Waals surface area contributed by atoms with Crippen LogP contribution in [-0.2, 0) is 22.1 Å². The largest absolute Gasteiger partial charge is 0.454 e. The fraction of sp³-hybridized carbons (Fsp3) is 0.263. The molecular weight excluding hydrogens is 338 g/mol. The van der Waals surface area contributed by atoms with Gasteiger partial charge in [-0.3, -0.25) is 9.00 Å². The average molecular weight is 359 g/mol. The Kier molecular flexibility index (Phi) is 6.09. The Balaban J connectivity index is 2.13. The first-order chi connectivity index (χ1) is 11.9. The van der Waals surface area contributed by atoms with Gasteiger partial charge < -0.3 is 9.30 Å². The summed E-state index contributed by atoms with van der Waals surface area (Å²) in [7, 11) is -1.32. The number of rotatable bonds is 7. The normalized spacial score (nSPS) is 11.8. The number of hydrogen-bond donors (Lipinski definition) is 0. The van der Waals surface area contributed by atoms with Crippen molar-refractivity contribution in [2.45, 2.75) is 25.3 Å². The van der Waals surface area contributed by atoms with Crippen LogP contribution in [0.5, 0.6) is 0 Å². The van der Waals surface area contributed by atoms with Crippen LogP contribution in [-0.4, -0.2) is 33.4 Å². The number of ketones is 1. The molecule has 0 radical (unpaired) electrons. The van der Waals surface area contributed by atoms with Crippen LogP contribution < -0.4 is 0 Å². The third-order valence-electron chi connectivity index (χ3n) is 3.94. The van der Waals surface area contributed by atoms with Gasteiger partial charge in [0.05, 0.1) is 21.3 Å². The topological polar surface area (TPSA) is 65.4 Å². The molecule has 1 atom stereocenters. The lowest BCUT2D eigenvalue weighted by Crippen LogP contribution is -2.16. The Morgan fingerprint density at radius 3 is 2.56 bits per heavy atom. The molecule has 0 unspecified atom stereocenters. The SMILES string of the molecule is C=CCn1c(C)cc(C(=O)COC(=O)c2ccccc2[S@@](C)=O)c1C. The van der Waals surface area contributed by atoms with Crippen molar-refractivity contribution in [1.29, 1.82) is 0 Å². The molecule has 2 rings (SSSR count). The second-order valence-electron chi connectivity index (χ2n) is 5.63. The first-order valence-corrected chi connectivity index (χ1v) is 9.33. The molecule has 0 N–H and O–H groups in total. The second-order valence-corrected chi connectivity index (χ2v) is 6.98. The molecule has 2 aromatic rings. The number of Topliss-reactive ketones (excluding diaryl/α,β-unsaturated/α-hetero) is 1. The Hall–Kier alpha value is -2.47. The van der Waals surface area contributed by atoms with Crippen molar-refractivity contribution in [2.75, 3.05) is 12.9 Å². The van der Waals surface area contributed by atoms with Gasteiger partial charge in [-0.2, -0.15) is 0 Å². The van der Waals surface area contributed by atoms with Gasteiger partial charge in [0, 0.05) is 29.8 Å². The predicted molar refractivity (Wildman–Crippen MR) is 97.5 cm³/mol. The van der Waals surface area contributed by atoms with Gasteiger partial charge in [-0.05, 0) is 32.0 Å². The average Bonchev–Trinajstić information content (AvgIpc) is 2.88. The van der Waals surface area contributed by atoms with Crippen LogP contribution in [0.4, 0.5) is 0 Å². The zero-order valence-corrected chi connectivity index (χ0v) is 15.4. The third kappa shape index (κ3) is 4.14. The number of benzene rings is 1. The zero-order chi connectivity index (χ0) is 18.6. The van der Waals surface area contributed by atoms with Crippen LogP contribution in [0.25, 0.3) is 0 Å². The number of esters is 1. The summed E-state index contributed by atoms with van der Waals surface area (Å²) < 4.78 is 18.8. The van der Waals surface area contributed by atoms with Crippen molar-refractivity contribution in [3.8, 4) is 0 Å². The molecular formula is C19H21NO4S. The van der Waals surface area contributed by atoms with Gasteiger partial charge in [-0.1, -0.05) is 18.2 Å². The molecule has 5 nitrogen and oxygen atoms in total. The van der Waals surface area contributed by atoms with Crippen molar-refractivity contribution in [1.82, 2.24) is 4.57 Å². The summed E-state index contributed by atoms with van der Waals surface area (Å²) in [6.07, 6.45) is 3.25. The molecule has 0 spiro atoms. The molecule has 0 aliphatic rings. The quantitative estimate of drug-likeness (QED) is 0.433. The molecule has 132 valence electrons. The first-order valence-electron chi connectivity index (χ1n) is 7.77. The summed E-state index contributed by atoms with van der Waals surface area (Å²) in [5.41, 5.74) is 2.50. The van der Waals surface area contributed by atoms with E-state index in [1.54, 1.807) is 36.4 Å². The standard InChI is InChI=1S/C19H21NO4S/c1-5-10-20-13(2)11-16(14(20)3)17(21)12-24-19(22)15-8-6-7-9-18(15)25(4)23/h5-9,11H,1,10,12H2,2-4H3/t25-/m1/s1. The maximum absolute atomic E-state index is 12.4. The first kappa shape index (κ1) is 18.9. The van der Waals surface area contributed by atoms with E-state index in [9.17, 15) is 13.8 Å². The van der Waals surface area contributed by atoms with E-state index in [0.29, 0.717) is 17.0 Å². The smallest absolute Gasteiger partial charge is 0.339 e. The number of carbonyl (C=O) groups is 2. The molecule has 0 saturated carbocycles. The van der Waals surface area contributed by atoms with Crippen LogP contribution in [0, 0.1) is 13.8 Å². The highest BCUT2D eigenvalue weighted by Crippen LogP contribution is 2.17. The minimum absolute atomic E-state index is 0.216. The minimum Gasteiger partial charge on any atom is -0.454 e. The van der Waals surface area contributed by atoms with E-state index in [1.807, 2.05) is 18.4 Å². The van der Waals surface area contributed by atoms with Crippen LogP contribution in [0.1, 0.15) is 32.1 Å². The molecule has 0 fully saturated rings. The Labute approximate surface area is 149 Å². The molecule has 1 aromatic heterocycles.